The van der Waals surface area contributed by atoms with E-state index in [0.29, 0.717) is 19.8 Å². The van der Waals surface area contributed by atoms with Crippen molar-refractivity contribution in [2.45, 2.75) is 44.7 Å². The van der Waals surface area contributed by atoms with Crippen molar-refractivity contribution in [2.24, 2.45) is 0 Å². The zero-order chi connectivity index (χ0) is 24.8. The molecule has 3 atom stereocenters. The van der Waals surface area contributed by atoms with E-state index in [0.717, 1.165) is 6.08 Å². The van der Waals surface area contributed by atoms with Gasteiger partial charge < -0.3 is 25.2 Å². The first-order chi connectivity index (χ1) is 15.4. The first-order valence-electron chi connectivity index (χ1n) is 10.1. The summed E-state index contributed by atoms with van der Waals surface area (Å²) < 4.78 is 46.6. The van der Waals surface area contributed by atoms with Crippen molar-refractivity contribution < 1.29 is 37.7 Å². The van der Waals surface area contributed by atoms with Crippen molar-refractivity contribution in [3.63, 3.8) is 0 Å². The highest BCUT2D eigenvalue weighted by Crippen LogP contribution is 2.31. The van der Waals surface area contributed by atoms with Gasteiger partial charge in [0.1, 0.15) is 24.5 Å². The van der Waals surface area contributed by atoms with Crippen molar-refractivity contribution in [2.75, 3.05) is 19.7 Å². The molecule has 1 aromatic rings. The Bertz CT molecular complexity index is 916. The van der Waals surface area contributed by atoms with E-state index >= 15 is 0 Å². The Morgan fingerprint density at radius 1 is 1.30 bits per heavy atom. The van der Waals surface area contributed by atoms with Crippen LogP contribution in [0.25, 0.3) is 0 Å². The molecule has 0 unspecified atom stereocenters. The molecule has 0 saturated heterocycles. The minimum atomic E-state index is -4.73. The molecule has 0 bridgehead atoms. The van der Waals surface area contributed by atoms with Crippen molar-refractivity contribution in [1.82, 2.24) is 10.2 Å². The summed E-state index contributed by atoms with van der Waals surface area (Å²) in [4.78, 5) is 25.8. The molecule has 33 heavy (non-hydrogen) atoms. The van der Waals surface area contributed by atoms with Crippen LogP contribution >= 0.6 is 22.6 Å². The zero-order valence-electron chi connectivity index (χ0n) is 18.1. The normalized spacial score (nSPS) is 20.5. The number of carbonyl (C=O) groups excluding carboxylic acids is 2. The Labute approximate surface area is 203 Å². The third-order valence-electron chi connectivity index (χ3n) is 4.76. The number of rotatable bonds is 8. The lowest BCUT2D eigenvalue weighted by atomic mass is 9.88. The molecule has 0 spiro atoms. The van der Waals surface area contributed by atoms with Crippen molar-refractivity contribution in [1.29, 1.82) is 0 Å². The number of aliphatic hydroxyl groups excluding tert-OH is 2. The molecule has 0 aliphatic heterocycles. The van der Waals surface area contributed by atoms with Crippen LogP contribution in [0.3, 0.4) is 0 Å². The molecule has 11 heteroatoms. The maximum atomic E-state index is 13.4. The molecular formula is C22H26F3IN2O5. The summed E-state index contributed by atoms with van der Waals surface area (Å²) in [6, 6.07) is 5.45. The molecule has 0 saturated carbocycles. The standard InChI is InChI=1S/C22H26F3IN2O5/c1-13(2)9-19(30)28(12-22(23,24)25)16-10-14(21(32)27-7-8-29)11-18(20(16)31)33-17-6-4-3-5-15(17)26/h3-6,9,11,16,18,20,29,31H,7-8,10,12H2,1-2H3,(H,27,32)/t16-,18+,20+/m1/s1. The highest BCUT2D eigenvalue weighted by molar-refractivity contribution is 14.1. The summed E-state index contributed by atoms with van der Waals surface area (Å²) in [6.07, 6.45) is -5.37. The van der Waals surface area contributed by atoms with E-state index in [-0.39, 0.29) is 25.1 Å². The van der Waals surface area contributed by atoms with Crippen LogP contribution in [0.4, 0.5) is 13.2 Å². The molecule has 1 aromatic carbocycles. The Hall–Kier alpha value is -2.12. The fourth-order valence-corrected chi connectivity index (χ4v) is 3.86. The summed E-state index contributed by atoms with van der Waals surface area (Å²) in [5.41, 5.74) is 0.535. The number of nitrogens with one attached hydrogen (secondary N) is 1. The van der Waals surface area contributed by atoms with Crippen molar-refractivity contribution in [3.05, 3.63) is 51.1 Å². The quantitative estimate of drug-likeness (QED) is 0.324. The van der Waals surface area contributed by atoms with Crippen molar-refractivity contribution >= 4 is 34.4 Å². The monoisotopic (exact) mass is 582 g/mol. The number of allylic oxidation sites excluding steroid dienone is 1. The van der Waals surface area contributed by atoms with E-state index in [1.807, 2.05) is 22.6 Å². The van der Waals surface area contributed by atoms with Gasteiger partial charge in [0, 0.05) is 24.6 Å². The third-order valence-corrected chi connectivity index (χ3v) is 5.65. The summed E-state index contributed by atoms with van der Waals surface area (Å²) in [5.74, 6) is -1.19. The molecule has 7 nitrogen and oxygen atoms in total. The van der Waals surface area contributed by atoms with Crippen LogP contribution in [0.1, 0.15) is 20.3 Å². The topological polar surface area (TPSA) is 99.1 Å². The van der Waals surface area contributed by atoms with Crippen LogP contribution in [0.5, 0.6) is 5.75 Å². The lowest BCUT2D eigenvalue weighted by Gasteiger charge is -2.40. The van der Waals surface area contributed by atoms with Gasteiger partial charge in [-0.1, -0.05) is 17.7 Å². The van der Waals surface area contributed by atoms with Gasteiger partial charge in [0.25, 0.3) is 0 Å². The minimum Gasteiger partial charge on any atom is -0.482 e. The SMILES string of the molecule is CC(C)=CC(=O)N(CC(F)(F)F)[C@@H]1CC(C(=O)NCCO)=C[C@H](Oc2ccccc2I)[C@H]1O. The molecule has 1 aliphatic rings. The second-order valence-electron chi connectivity index (χ2n) is 7.75. The number of halogens is 4. The summed E-state index contributed by atoms with van der Waals surface area (Å²) in [5, 5.41) is 22.4. The van der Waals surface area contributed by atoms with E-state index in [4.69, 9.17) is 9.84 Å². The smallest absolute Gasteiger partial charge is 0.406 e. The Kier molecular flexibility index (Phi) is 9.73. The minimum absolute atomic E-state index is 0.0480. The zero-order valence-corrected chi connectivity index (χ0v) is 20.3. The number of benzene rings is 1. The van der Waals surface area contributed by atoms with Gasteiger partial charge >= 0.3 is 6.18 Å². The van der Waals surface area contributed by atoms with Crippen LogP contribution in [0.15, 0.2) is 47.6 Å². The van der Waals surface area contributed by atoms with Gasteiger partial charge in [0.15, 0.2) is 0 Å². The van der Waals surface area contributed by atoms with Crippen LogP contribution < -0.4 is 10.1 Å². The summed E-state index contributed by atoms with van der Waals surface area (Å²) in [7, 11) is 0. The van der Waals surface area contributed by atoms with Gasteiger partial charge in [-0.15, -0.1) is 0 Å². The Balaban J connectivity index is 2.47. The number of aliphatic hydroxyl groups is 2. The van der Waals surface area contributed by atoms with Gasteiger partial charge in [-0.05, 0) is 54.6 Å². The molecule has 1 aliphatic carbocycles. The molecule has 2 rings (SSSR count). The van der Waals surface area contributed by atoms with Gasteiger partial charge in [0.2, 0.25) is 11.8 Å². The van der Waals surface area contributed by atoms with E-state index in [1.165, 1.54) is 6.08 Å². The molecule has 0 radical (unpaired) electrons. The maximum absolute atomic E-state index is 13.4. The van der Waals surface area contributed by atoms with Gasteiger partial charge in [-0.3, -0.25) is 9.59 Å². The number of carbonyl (C=O) groups is 2. The van der Waals surface area contributed by atoms with Gasteiger partial charge in [0.05, 0.1) is 16.2 Å². The number of hydrogen-bond acceptors (Lipinski definition) is 5. The molecule has 0 aromatic heterocycles. The van der Waals surface area contributed by atoms with Gasteiger partial charge in [-0.2, -0.15) is 13.2 Å². The number of hydrogen-bond donors (Lipinski definition) is 3. The Morgan fingerprint density at radius 2 is 1.97 bits per heavy atom. The van der Waals surface area contributed by atoms with Crippen LogP contribution in [0, 0.1) is 3.57 Å². The number of ether oxygens (including phenoxy) is 1. The van der Waals surface area contributed by atoms with Crippen molar-refractivity contribution in [3.8, 4) is 5.75 Å². The number of alkyl halides is 3. The second-order valence-corrected chi connectivity index (χ2v) is 8.91. The summed E-state index contributed by atoms with van der Waals surface area (Å²) >= 11 is 2.01. The predicted molar refractivity (Wildman–Crippen MR) is 123 cm³/mol. The largest absolute Gasteiger partial charge is 0.482 e. The molecule has 0 heterocycles. The van der Waals surface area contributed by atoms with E-state index in [1.54, 1.807) is 38.1 Å². The highest BCUT2D eigenvalue weighted by atomic mass is 127. The fraction of sp³-hybridized carbons (Fsp3) is 0.455. The molecule has 2 amide bonds. The number of amides is 2. The number of para-hydroxylation sites is 1. The van der Waals surface area contributed by atoms with Crippen LogP contribution in [0.2, 0.25) is 0 Å². The van der Waals surface area contributed by atoms with Crippen LogP contribution in [-0.2, 0) is 9.59 Å². The molecule has 3 N–H and O–H groups in total. The first kappa shape index (κ1) is 27.1. The first-order valence-corrected chi connectivity index (χ1v) is 11.2. The lowest BCUT2D eigenvalue weighted by Crippen LogP contribution is -2.56. The average Bonchev–Trinajstić information content (AvgIpc) is 2.72. The van der Waals surface area contributed by atoms with E-state index in [2.05, 4.69) is 5.32 Å². The van der Waals surface area contributed by atoms with E-state index in [9.17, 15) is 27.9 Å². The number of nitrogens with zero attached hydrogens (tertiary/aromatic N) is 1. The Morgan fingerprint density at radius 3 is 2.55 bits per heavy atom. The fourth-order valence-electron chi connectivity index (χ4n) is 3.35. The molecule has 0 fully saturated rings. The second kappa shape index (κ2) is 11.8. The predicted octanol–water partition coefficient (Wildman–Crippen LogP) is 2.56. The summed E-state index contributed by atoms with van der Waals surface area (Å²) in [6.45, 7) is 1.15. The van der Waals surface area contributed by atoms with Gasteiger partial charge in [-0.25, -0.2) is 0 Å². The highest BCUT2D eigenvalue weighted by Gasteiger charge is 2.44. The average molecular weight is 582 g/mol. The maximum Gasteiger partial charge on any atom is 0.406 e. The lowest BCUT2D eigenvalue weighted by molar-refractivity contribution is -0.169. The molecular weight excluding hydrogens is 556 g/mol. The van der Waals surface area contributed by atoms with E-state index < -0.39 is 42.8 Å². The molecule has 182 valence electrons. The van der Waals surface area contributed by atoms with Crippen LogP contribution in [-0.4, -0.2) is 71.0 Å². The third kappa shape index (κ3) is 8.00.